The van der Waals surface area contributed by atoms with Crippen LogP contribution in [-0.2, 0) is 6.54 Å². The maximum Gasteiger partial charge on any atom is 0.126 e. The van der Waals surface area contributed by atoms with E-state index in [1.165, 1.54) is 42.1 Å². The monoisotopic (exact) mass is 308 g/mol. The zero-order valence-electron chi connectivity index (χ0n) is 13.8. The maximum absolute atomic E-state index is 5.61. The third kappa shape index (κ3) is 4.63. The van der Waals surface area contributed by atoms with Crippen LogP contribution < -0.4 is 4.74 Å². The zero-order valence-corrected chi connectivity index (χ0v) is 14.6. The fourth-order valence-corrected chi connectivity index (χ4v) is 3.52. The van der Waals surface area contributed by atoms with Gasteiger partial charge in [0, 0.05) is 50.6 Å². The van der Waals surface area contributed by atoms with Crippen molar-refractivity contribution >= 4 is 11.8 Å². The highest BCUT2D eigenvalue weighted by atomic mass is 32.2. The number of benzene rings is 1. The van der Waals surface area contributed by atoms with Crippen molar-refractivity contribution in [2.45, 2.75) is 20.4 Å². The molecule has 1 aromatic carbocycles. The summed E-state index contributed by atoms with van der Waals surface area (Å²) in [6.07, 6.45) is 2.18. The Balaban J connectivity index is 1.94. The second kappa shape index (κ2) is 8.06. The molecule has 0 unspecified atom stereocenters. The number of aryl methyl sites for hydroxylation is 2. The number of methoxy groups -OCH3 is 1. The fraction of sp³-hybridized carbons (Fsp3) is 0.647. The molecule has 1 saturated heterocycles. The molecule has 0 atom stereocenters. The molecule has 4 heteroatoms. The van der Waals surface area contributed by atoms with E-state index in [2.05, 4.69) is 42.0 Å². The summed E-state index contributed by atoms with van der Waals surface area (Å²) < 4.78 is 5.61. The fourth-order valence-electron chi connectivity index (χ4n) is 3.08. The second-order valence-corrected chi connectivity index (χ2v) is 6.87. The van der Waals surface area contributed by atoms with Gasteiger partial charge in [-0.15, -0.1) is 0 Å². The predicted molar refractivity (Wildman–Crippen MR) is 92.6 cm³/mol. The van der Waals surface area contributed by atoms with Gasteiger partial charge >= 0.3 is 0 Å². The number of piperazine rings is 1. The molecule has 0 aromatic heterocycles. The van der Waals surface area contributed by atoms with E-state index in [1.54, 1.807) is 7.11 Å². The lowest BCUT2D eigenvalue weighted by Crippen LogP contribution is -2.46. The maximum atomic E-state index is 5.61. The van der Waals surface area contributed by atoms with Gasteiger partial charge in [0.25, 0.3) is 0 Å². The summed E-state index contributed by atoms with van der Waals surface area (Å²) in [6.45, 7) is 11.2. The highest BCUT2D eigenvalue weighted by Gasteiger charge is 2.18. The number of hydrogen-bond donors (Lipinski definition) is 0. The van der Waals surface area contributed by atoms with Gasteiger partial charge in [0.05, 0.1) is 7.11 Å². The molecule has 1 aromatic rings. The Morgan fingerprint density at radius 3 is 2.38 bits per heavy atom. The van der Waals surface area contributed by atoms with E-state index >= 15 is 0 Å². The van der Waals surface area contributed by atoms with Crippen LogP contribution in [0.5, 0.6) is 5.75 Å². The number of hydrogen-bond acceptors (Lipinski definition) is 4. The predicted octanol–water partition coefficient (Wildman–Crippen LogP) is 2.79. The molecule has 1 fully saturated rings. The molecule has 1 aliphatic heterocycles. The lowest BCUT2D eigenvalue weighted by atomic mass is 10.0. The number of thioether (sulfide) groups is 1. The summed E-state index contributed by atoms with van der Waals surface area (Å²) in [5.41, 5.74) is 3.89. The van der Waals surface area contributed by atoms with Crippen molar-refractivity contribution in [3.05, 3.63) is 28.8 Å². The summed E-state index contributed by atoms with van der Waals surface area (Å²) in [7, 11) is 1.78. The first-order chi connectivity index (χ1) is 10.1. The summed E-state index contributed by atoms with van der Waals surface area (Å²) in [5.74, 6) is 2.30. The summed E-state index contributed by atoms with van der Waals surface area (Å²) in [5, 5.41) is 0. The normalized spacial score (nSPS) is 17.1. The Bertz CT molecular complexity index is 456. The minimum Gasteiger partial charge on any atom is -0.496 e. The molecule has 118 valence electrons. The van der Waals surface area contributed by atoms with Crippen LogP contribution >= 0.6 is 11.8 Å². The third-order valence-electron chi connectivity index (χ3n) is 4.17. The van der Waals surface area contributed by atoms with Gasteiger partial charge in [-0.05, 0) is 25.7 Å². The molecular weight excluding hydrogens is 280 g/mol. The number of ether oxygens (including phenoxy) is 1. The molecule has 1 heterocycles. The summed E-state index contributed by atoms with van der Waals surface area (Å²) >= 11 is 1.94. The van der Waals surface area contributed by atoms with Gasteiger partial charge in [-0.1, -0.05) is 17.7 Å². The van der Waals surface area contributed by atoms with Crippen LogP contribution in [0.2, 0.25) is 0 Å². The van der Waals surface area contributed by atoms with Gasteiger partial charge in [-0.25, -0.2) is 0 Å². The molecule has 0 aliphatic carbocycles. The van der Waals surface area contributed by atoms with Crippen molar-refractivity contribution in [2.24, 2.45) is 0 Å². The average Bonchev–Trinajstić information content (AvgIpc) is 2.46. The van der Waals surface area contributed by atoms with Crippen LogP contribution in [0.3, 0.4) is 0 Å². The third-order valence-corrected chi connectivity index (χ3v) is 4.76. The number of rotatable bonds is 6. The molecule has 0 bridgehead atoms. The van der Waals surface area contributed by atoms with Gasteiger partial charge in [-0.2, -0.15) is 11.8 Å². The van der Waals surface area contributed by atoms with Gasteiger partial charge < -0.3 is 4.74 Å². The van der Waals surface area contributed by atoms with Gasteiger partial charge in [0.1, 0.15) is 5.75 Å². The highest BCUT2D eigenvalue weighted by Crippen LogP contribution is 2.26. The molecule has 0 N–H and O–H groups in total. The summed E-state index contributed by atoms with van der Waals surface area (Å²) in [4.78, 5) is 5.12. The van der Waals surface area contributed by atoms with E-state index in [-0.39, 0.29) is 0 Å². The van der Waals surface area contributed by atoms with Crippen LogP contribution in [0.4, 0.5) is 0 Å². The highest BCUT2D eigenvalue weighted by molar-refractivity contribution is 7.98. The van der Waals surface area contributed by atoms with Gasteiger partial charge in [0.15, 0.2) is 0 Å². The van der Waals surface area contributed by atoms with E-state index in [4.69, 9.17) is 4.74 Å². The van der Waals surface area contributed by atoms with Crippen LogP contribution in [0.25, 0.3) is 0 Å². The van der Waals surface area contributed by atoms with Crippen LogP contribution in [-0.4, -0.2) is 61.6 Å². The molecule has 0 amide bonds. The Morgan fingerprint density at radius 1 is 1.10 bits per heavy atom. The molecule has 0 radical (unpaired) electrons. The van der Waals surface area contributed by atoms with E-state index in [1.807, 2.05) is 11.8 Å². The first kappa shape index (κ1) is 16.7. The van der Waals surface area contributed by atoms with Crippen LogP contribution in [0.1, 0.15) is 16.7 Å². The van der Waals surface area contributed by atoms with E-state index < -0.39 is 0 Å². The zero-order chi connectivity index (χ0) is 15.2. The van der Waals surface area contributed by atoms with E-state index in [0.29, 0.717) is 0 Å². The van der Waals surface area contributed by atoms with E-state index in [0.717, 1.165) is 25.4 Å². The number of nitrogens with zero attached hydrogens (tertiary/aromatic N) is 2. The largest absolute Gasteiger partial charge is 0.496 e. The Kier molecular flexibility index (Phi) is 6.40. The second-order valence-electron chi connectivity index (χ2n) is 5.88. The van der Waals surface area contributed by atoms with Crippen molar-refractivity contribution < 1.29 is 4.74 Å². The first-order valence-corrected chi connectivity index (χ1v) is 9.11. The van der Waals surface area contributed by atoms with Gasteiger partial charge in [-0.3, -0.25) is 9.80 Å². The SMILES string of the molecule is COc1c(C)cc(C)cc1CN1CCN(CCSC)CC1. The molecule has 21 heavy (non-hydrogen) atoms. The van der Waals surface area contributed by atoms with Crippen molar-refractivity contribution in [1.29, 1.82) is 0 Å². The van der Waals surface area contributed by atoms with Crippen molar-refractivity contribution in [1.82, 2.24) is 9.80 Å². The van der Waals surface area contributed by atoms with E-state index in [9.17, 15) is 0 Å². The standard InChI is InChI=1S/C17H28N2OS/c1-14-11-15(2)17(20-3)16(12-14)13-19-7-5-18(6-8-19)9-10-21-4/h11-12H,5-10,13H2,1-4H3. The lowest BCUT2D eigenvalue weighted by molar-refractivity contribution is 0.132. The molecule has 0 saturated carbocycles. The van der Waals surface area contributed by atoms with Crippen molar-refractivity contribution in [3.8, 4) is 5.75 Å². The van der Waals surface area contributed by atoms with Crippen molar-refractivity contribution in [2.75, 3.05) is 51.8 Å². The first-order valence-electron chi connectivity index (χ1n) is 7.71. The van der Waals surface area contributed by atoms with Crippen LogP contribution in [0, 0.1) is 13.8 Å². The average molecular weight is 308 g/mol. The topological polar surface area (TPSA) is 15.7 Å². The Hall–Kier alpha value is -0.710. The lowest BCUT2D eigenvalue weighted by Gasteiger charge is -2.35. The van der Waals surface area contributed by atoms with Crippen molar-refractivity contribution in [3.63, 3.8) is 0 Å². The van der Waals surface area contributed by atoms with Crippen LogP contribution in [0.15, 0.2) is 12.1 Å². The Labute approximate surface area is 133 Å². The Morgan fingerprint density at radius 2 is 1.76 bits per heavy atom. The molecule has 2 rings (SSSR count). The minimum absolute atomic E-state index is 1.00. The van der Waals surface area contributed by atoms with Gasteiger partial charge in [0.2, 0.25) is 0 Å². The smallest absolute Gasteiger partial charge is 0.126 e. The molecular formula is C17H28N2OS. The minimum atomic E-state index is 1.00. The molecule has 0 spiro atoms. The molecule has 1 aliphatic rings. The molecule has 3 nitrogen and oxygen atoms in total. The summed E-state index contributed by atoms with van der Waals surface area (Å²) in [6, 6.07) is 4.47. The quantitative estimate of drug-likeness (QED) is 0.802.